The number of nitrogens with one attached hydrogen (secondary N) is 3. The molecular weight excluding hydrogens is 366 g/mol. The first kappa shape index (κ1) is 17.6. The van der Waals surface area contributed by atoms with Crippen LogP contribution in [-0.2, 0) is 4.79 Å². The molecular formula is C16H17N9O3. The van der Waals surface area contributed by atoms with Gasteiger partial charge in [-0.3, -0.25) is 19.6 Å². The van der Waals surface area contributed by atoms with E-state index in [1.54, 1.807) is 12.4 Å². The molecule has 0 aromatic carbocycles. The van der Waals surface area contributed by atoms with E-state index in [4.69, 9.17) is 0 Å². The molecule has 12 nitrogen and oxygen atoms in total. The van der Waals surface area contributed by atoms with Crippen LogP contribution in [0.2, 0.25) is 0 Å². The first-order valence-corrected chi connectivity index (χ1v) is 8.65. The highest BCUT2D eigenvalue weighted by Gasteiger charge is 2.27. The molecule has 3 N–H and O–H groups in total. The van der Waals surface area contributed by atoms with Crippen molar-refractivity contribution in [2.24, 2.45) is 5.92 Å². The van der Waals surface area contributed by atoms with Crippen LogP contribution in [0.3, 0.4) is 0 Å². The summed E-state index contributed by atoms with van der Waals surface area (Å²) >= 11 is 0. The number of carbonyl (C=O) groups is 1. The summed E-state index contributed by atoms with van der Waals surface area (Å²) in [5, 5.41) is 6.66. The molecule has 0 radical (unpaired) electrons. The Kier molecular flexibility index (Phi) is 4.66. The predicted molar refractivity (Wildman–Crippen MR) is 98.2 cm³/mol. The molecule has 1 unspecified atom stereocenters. The highest BCUT2D eigenvalue weighted by Crippen LogP contribution is 2.23. The van der Waals surface area contributed by atoms with Crippen molar-refractivity contribution < 1.29 is 4.79 Å². The lowest BCUT2D eigenvalue weighted by Crippen LogP contribution is -2.41. The fourth-order valence-corrected chi connectivity index (χ4v) is 3.13. The lowest BCUT2D eigenvalue weighted by Gasteiger charge is -2.32. The fourth-order valence-electron chi connectivity index (χ4n) is 3.13. The van der Waals surface area contributed by atoms with Crippen molar-refractivity contribution in [1.29, 1.82) is 0 Å². The topological polar surface area (TPSA) is 155 Å². The van der Waals surface area contributed by atoms with Crippen LogP contribution >= 0.6 is 0 Å². The third-order valence-corrected chi connectivity index (χ3v) is 4.43. The van der Waals surface area contributed by atoms with Crippen LogP contribution in [0.4, 0.5) is 11.6 Å². The summed E-state index contributed by atoms with van der Waals surface area (Å²) in [6, 6.07) is 2.91. The third kappa shape index (κ3) is 3.79. The number of anilines is 2. The summed E-state index contributed by atoms with van der Waals surface area (Å²) in [4.78, 5) is 54.1. The molecule has 0 spiro atoms. The highest BCUT2D eigenvalue weighted by molar-refractivity contribution is 5.92. The third-order valence-electron chi connectivity index (χ3n) is 4.43. The van der Waals surface area contributed by atoms with Crippen molar-refractivity contribution in [3.05, 3.63) is 52.0 Å². The normalized spacial score (nSPS) is 16.7. The van der Waals surface area contributed by atoms with E-state index in [0.717, 1.165) is 19.0 Å². The molecule has 4 rings (SSSR count). The van der Waals surface area contributed by atoms with Crippen LogP contribution in [-0.4, -0.2) is 53.7 Å². The van der Waals surface area contributed by atoms with Crippen molar-refractivity contribution in [2.45, 2.75) is 12.8 Å². The first-order valence-electron chi connectivity index (χ1n) is 8.65. The number of amides is 1. The summed E-state index contributed by atoms with van der Waals surface area (Å²) < 4.78 is 1.53. The Morgan fingerprint density at radius 2 is 2.00 bits per heavy atom. The van der Waals surface area contributed by atoms with Crippen LogP contribution in [0.15, 0.2) is 40.7 Å². The van der Waals surface area contributed by atoms with E-state index in [1.807, 2.05) is 4.90 Å². The maximum atomic E-state index is 12.6. The van der Waals surface area contributed by atoms with Crippen molar-refractivity contribution in [3.8, 4) is 5.82 Å². The second-order valence-electron chi connectivity index (χ2n) is 6.35. The summed E-state index contributed by atoms with van der Waals surface area (Å²) in [6.07, 6.45) is 5.89. The van der Waals surface area contributed by atoms with Crippen LogP contribution in [0.1, 0.15) is 12.8 Å². The standard InChI is InChI=1S/C16H17N9O3/c26-14-4-11(22-16(28)23-14)21-15(27)10-2-1-3-24(6-10)12-5-13(19-8-18-12)25-9-17-7-20-25/h4-5,7-10H,1-3,6H2,(H3,21,22,23,26,27,28). The number of aromatic nitrogens is 7. The van der Waals surface area contributed by atoms with E-state index in [-0.39, 0.29) is 17.6 Å². The molecule has 0 bridgehead atoms. The SMILES string of the molecule is O=C(Nc1cc(=O)[nH]c(=O)[nH]1)C1CCCN(c2cc(-n3cncn3)ncn2)C1. The van der Waals surface area contributed by atoms with Crippen molar-refractivity contribution >= 4 is 17.5 Å². The Labute approximate surface area is 157 Å². The number of H-pyrrole nitrogens is 2. The van der Waals surface area contributed by atoms with Gasteiger partial charge in [-0.2, -0.15) is 5.10 Å². The number of rotatable bonds is 4. The largest absolute Gasteiger partial charge is 0.356 e. The minimum atomic E-state index is -0.672. The minimum Gasteiger partial charge on any atom is -0.356 e. The van der Waals surface area contributed by atoms with Gasteiger partial charge in [0.05, 0.1) is 5.92 Å². The Hall–Kier alpha value is -3.83. The van der Waals surface area contributed by atoms with Crippen LogP contribution in [0.25, 0.3) is 5.82 Å². The van der Waals surface area contributed by atoms with Gasteiger partial charge >= 0.3 is 5.69 Å². The van der Waals surface area contributed by atoms with E-state index in [1.165, 1.54) is 17.3 Å². The Morgan fingerprint density at radius 1 is 1.14 bits per heavy atom. The van der Waals surface area contributed by atoms with E-state index in [2.05, 4.69) is 35.3 Å². The molecule has 12 heteroatoms. The Morgan fingerprint density at radius 3 is 2.79 bits per heavy atom. The van der Waals surface area contributed by atoms with Gasteiger partial charge in [-0.1, -0.05) is 0 Å². The van der Waals surface area contributed by atoms with E-state index in [0.29, 0.717) is 24.6 Å². The molecule has 1 amide bonds. The zero-order valence-corrected chi connectivity index (χ0v) is 14.7. The molecule has 0 saturated carbocycles. The zero-order valence-electron chi connectivity index (χ0n) is 14.7. The maximum absolute atomic E-state index is 12.6. The lowest BCUT2D eigenvalue weighted by atomic mass is 9.97. The van der Waals surface area contributed by atoms with Crippen LogP contribution in [0.5, 0.6) is 0 Å². The highest BCUT2D eigenvalue weighted by atomic mass is 16.2. The van der Waals surface area contributed by atoms with Gasteiger partial charge in [-0.05, 0) is 12.8 Å². The van der Waals surface area contributed by atoms with E-state index in [9.17, 15) is 14.4 Å². The van der Waals surface area contributed by atoms with Gasteiger partial charge in [0.25, 0.3) is 5.56 Å². The predicted octanol–water partition coefficient (Wildman–Crippen LogP) is -0.711. The molecule has 4 heterocycles. The molecule has 0 aliphatic carbocycles. The van der Waals surface area contributed by atoms with Crippen molar-refractivity contribution in [2.75, 3.05) is 23.3 Å². The second-order valence-corrected chi connectivity index (χ2v) is 6.35. The average molecular weight is 383 g/mol. The Bertz CT molecular complexity index is 1060. The van der Waals surface area contributed by atoms with Gasteiger partial charge in [-0.15, -0.1) is 0 Å². The molecule has 28 heavy (non-hydrogen) atoms. The van der Waals surface area contributed by atoms with Gasteiger partial charge < -0.3 is 10.2 Å². The minimum absolute atomic E-state index is 0.0753. The number of piperidine rings is 1. The number of carbonyl (C=O) groups excluding carboxylic acids is 1. The van der Waals surface area contributed by atoms with Gasteiger partial charge in [0, 0.05) is 25.2 Å². The van der Waals surface area contributed by atoms with Gasteiger partial charge in [-0.25, -0.2) is 24.4 Å². The molecule has 1 atom stereocenters. The van der Waals surface area contributed by atoms with Gasteiger partial charge in [0.15, 0.2) is 5.82 Å². The van der Waals surface area contributed by atoms with Crippen LogP contribution < -0.4 is 21.5 Å². The molecule has 1 aliphatic heterocycles. The quantitative estimate of drug-likeness (QED) is 0.534. The average Bonchev–Trinajstić information content (AvgIpc) is 3.22. The second kappa shape index (κ2) is 7.42. The van der Waals surface area contributed by atoms with Crippen LogP contribution in [0, 0.1) is 5.92 Å². The summed E-state index contributed by atoms with van der Waals surface area (Å²) in [7, 11) is 0. The zero-order chi connectivity index (χ0) is 19.5. The van der Waals surface area contributed by atoms with E-state index < -0.39 is 11.2 Å². The molecule has 1 fully saturated rings. The molecule has 3 aromatic rings. The summed E-state index contributed by atoms with van der Waals surface area (Å²) in [5.41, 5.74) is -1.25. The van der Waals surface area contributed by atoms with Crippen molar-refractivity contribution in [3.63, 3.8) is 0 Å². The number of nitrogens with zero attached hydrogens (tertiary/aromatic N) is 6. The first-order chi connectivity index (χ1) is 13.6. The monoisotopic (exact) mass is 383 g/mol. The summed E-state index contributed by atoms with van der Waals surface area (Å²) in [6.45, 7) is 1.20. The van der Waals surface area contributed by atoms with Gasteiger partial charge in [0.1, 0.15) is 30.6 Å². The number of hydrogen-bond acceptors (Lipinski definition) is 8. The molecule has 1 saturated heterocycles. The summed E-state index contributed by atoms with van der Waals surface area (Å²) in [5.74, 6) is 0.752. The number of hydrogen-bond donors (Lipinski definition) is 3. The van der Waals surface area contributed by atoms with Crippen molar-refractivity contribution in [1.82, 2.24) is 34.7 Å². The molecule has 1 aliphatic rings. The van der Waals surface area contributed by atoms with Gasteiger partial charge in [0.2, 0.25) is 5.91 Å². The molecule has 144 valence electrons. The van der Waals surface area contributed by atoms with E-state index >= 15 is 0 Å². The Balaban J connectivity index is 1.48. The number of aromatic amines is 2. The maximum Gasteiger partial charge on any atom is 0.327 e. The lowest BCUT2D eigenvalue weighted by molar-refractivity contribution is -0.120. The fraction of sp³-hybridized carbons (Fsp3) is 0.312. The smallest absolute Gasteiger partial charge is 0.327 e. The molecule has 3 aromatic heterocycles.